The van der Waals surface area contributed by atoms with Crippen LogP contribution in [-0.4, -0.2) is 58.9 Å². The Labute approximate surface area is 156 Å². The highest BCUT2D eigenvalue weighted by atomic mass is 19.1. The van der Waals surface area contributed by atoms with E-state index in [0.717, 1.165) is 0 Å². The molecule has 1 saturated heterocycles. The van der Waals surface area contributed by atoms with Crippen LogP contribution in [0.5, 0.6) is 0 Å². The maximum Gasteiger partial charge on any atom is 0.250 e. The van der Waals surface area contributed by atoms with Crippen molar-refractivity contribution in [3.63, 3.8) is 0 Å². The molecule has 1 aliphatic heterocycles. The number of anilines is 1. The molecule has 8 heteroatoms. The van der Waals surface area contributed by atoms with Gasteiger partial charge in [0.1, 0.15) is 12.4 Å². The van der Waals surface area contributed by atoms with E-state index in [1.165, 1.54) is 34.9 Å². The van der Waals surface area contributed by atoms with Crippen LogP contribution in [0.4, 0.5) is 10.1 Å². The molecule has 0 aliphatic carbocycles. The predicted octanol–water partition coefficient (Wildman–Crippen LogP) is 0.770. The number of pyridine rings is 1. The van der Waals surface area contributed by atoms with Gasteiger partial charge in [0.25, 0.3) is 5.56 Å². The highest BCUT2D eigenvalue weighted by Crippen LogP contribution is 2.09. The number of aromatic nitrogens is 1. The second-order valence-electron chi connectivity index (χ2n) is 6.38. The van der Waals surface area contributed by atoms with Crippen LogP contribution in [0.3, 0.4) is 0 Å². The monoisotopic (exact) mass is 372 g/mol. The second kappa shape index (κ2) is 8.59. The summed E-state index contributed by atoms with van der Waals surface area (Å²) in [7, 11) is 0. The highest BCUT2D eigenvalue weighted by molar-refractivity contribution is 5.92. The topological polar surface area (TPSA) is 74.7 Å². The van der Waals surface area contributed by atoms with Gasteiger partial charge in [0, 0.05) is 44.1 Å². The summed E-state index contributed by atoms with van der Waals surface area (Å²) in [5, 5.41) is 2.72. The first kappa shape index (κ1) is 18.8. The number of carbonyl (C=O) groups is 2. The molecule has 1 aliphatic rings. The van der Waals surface area contributed by atoms with Gasteiger partial charge >= 0.3 is 0 Å². The van der Waals surface area contributed by atoms with Crippen LogP contribution in [0.15, 0.2) is 53.5 Å². The molecule has 0 radical (unpaired) electrons. The largest absolute Gasteiger partial charge is 0.339 e. The average molecular weight is 372 g/mol. The van der Waals surface area contributed by atoms with Crippen LogP contribution in [0.25, 0.3) is 0 Å². The molecule has 27 heavy (non-hydrogen) atoms. The van der Waals surface area contributed by atoms with Crippen molar-refractivity contribution < 1.29 is 14.0 Å². The molecule has 1 aromatic carbocycles. The number of hydrogen-bond donors (Lipinski definition) is 1. The van der Waals surface area contributed by atoms with Gasteiger partial charge in [0.15, 0.2) is 0 Å². The number of nitrogens with one attached hydrogen (secondary N) is 1. The molecular formula is C19H21FN4O3. The molecule has 1 aromatic heterocycles. The highest BCUT2D eigenvalue weighted by Gasteiger charge is 2.22. The fourth-order valence-corrected chi connectivity index (χ4v) is 2.93. The summed E-state index contributed by atoms with van der Waals surface area (Å²) in [5.41, 5.74) is 0.338. The van der Waals surface area contributed by atoms with Crippen molar-refractivity contribution in [2.24, 2.45) is 0 Å². The van der Waals surface area contributed by atoms with Crippen molar-refractivity contribution in [2.75, 3.05) is 38.0 Å². The molecule has 7 nitrogen and oxygen atoms in total. The normalized spacial score (nSPS) is 14.8. The third kappa shape index (κ3) is 5.24. The van der Waals surface area contributed by atoms with E-state index in [0.29, 0.717) is 31.9 Å². The molecule has 0 atom stereocenters. The molecule has 0 saturated carbocycles. The summed E-state index contributed by atoms with van der Waals surface area (Å²) >= 11 is 0. The SMILES string of the molecule is O=C(CN1CCN(C(=O)Cn2ccccc2=O)CC1)Nc1ccc(F)cc1. The Morgan fingerprint density at radius 1 is 0.963 bits per heavy atom. The zero-order valence-corrected chi connectivity index (χ0v) is 14.8. The Bertz CT molecular complexity index is 858. The minimum atomic E-state index is -0.355. The lowest BCUT2D eigenvalue weighted by Crippen LogP contribution is -2.51. The molecular weight excluding hydrogens is 351 g/mol. The molecule has 1 N–H and O–H groups in total. The third-order valence-electron chi connectivity index (χ3n) is 4.42. The Hall–Kier alpha value is -3.00. The van der Waals surface area contributed by atoms with Crippen LogP contribution < -0.4 is 10.9 Å². The zero-order valence-electron chi connectivity index (χ0n) is 14.8. The van der Waals surface area contributed by atoms with Gasteiger partial charge in [0.05, 0.1) is 6.54 Å². The van der Waals surface area contributed by atoms with Gasteiger partial charge < -0.3 is 14.8 Å². The molecule has 1 fully saturated rings. The maximum absolute atomic E-state index is 12.9. The van der Waals surface area contributed by atoms with Gasteiger partial charge in [-0.3, -0.25) is 19.3 Å². The fourth-order valence-electron chi connectivity index (χ4n) is 2.93. The van der Waals surface area contributed by atoms with Crippen LogP contribution in [0.2, 0.25) is 0 Å². The quantitative estimate of drug-likeness (QED) is 0.841. The zero-order chi connectivity index (χ0) is 19.2. The number of amides is 2. The van der Waals surface area contributed by atoms with Gasteiger partial charge in [-0.25, -0.2) is 4.39 Å². The van der Waals surface area contributed by atoms with E-state index in [-0.39, 0.29) is 36.3 Å². The molecule has 142 valence electrons. The molecule has 3 rings (SSSR count). The lowest BCUT2D eigenvalue weighted by atomic mass is 10.3. The van der Waals surface area contributed by atoms with E-state index in [2.05, 4.69) is 5.32 Å². The summed E-state index contributed by atoms with van der Waals surface area (Å²) in [6, 6.07) is 10.4. The standard InChI is InChI=1S/C19H21FN4O3/c20-15-4-6-16(7-5-15)21-17(25)13-22-9-11-23(12-10-22)19(27)14-24-8-2-1-3-18(24)26/h1-8H,9-14H2,(H,21,25). The van der Waals surface area contributed by atoms with Crippen molar-refractivity contribution in [1.82, 2.24) is 14.4 Å². The van der Waals surface area contributed by atoms with Crippen LogP contribution in [-0.2, 0) is 16.1 Å². The number of piperazine rings is 1. The lowest BCUT2D eigenvalue weighted by molar-refractivity contribution is -0.133. The number of carbonyl (C=O) groups excluding carboxylic acids is 2. The Kier molecular flexibility index (Phi) is 5.97. The summed E-state index contributed by atoms with van der Waals surface area (Å²) in [6.07, 6.45) is 1.59. The van der Waals surface area contributed by atoms with Crippen molar-refractivity contribution in [3.05, 3.63) is 64.8 Å². The van der Waals surface area contributed by atoms with Gasteiger partial charge in [-0.15, -0.1) is 0 Å². The minimum absolute atomic E-state index is 0.0186. The number of halogens is 1. The maximum atomic E-state index is 12.9. The smallest absolute Gasteiger partial charge is 0.250 e. The van der Waals surface area contributed by atoms with Crippen LogP contribution >= 0.6 is 0 Å². The van der Waals surface area contributed by atoms with Gasteiger partial charge in [0.2, 0.25) is 11.8 Å². The average Bonchev–Trinajstić information content (AvgIpc) is 2.66. The van der Waals surface area contributed by atoms with Gasteiger partial charge in [-0.2, -0.15) is 0 Å². The summed E-state index contributed by atoms with van der Waals surface area (Å²) in [4.78, 5) is 39.8. The summed E-state index contributed by atoms with van der Waals surface area (Å²) in [6.45, 7) is 2.38. The van der Waals surface area contributed by atoms with E-state index in [1.807, 2.05) is 4.90 Å². The number of rotatable bonds is 5. The second-order valence-corrected chi connectivity index (χ2v) is 6.38. The van der Waals surface area contributed by atoms with E-state index in [9.17, 15) is 18.8 Å². The molecule has 0 unspecified atom stereocenters. The van der Waals surface area contributed by atoms with Crippen molar-refractivity contribution >= 4 is 17.5 Å². The van der Waals surface area contributed by atoms with E-state index >= 15 is 0 Å². The summed E-state index contributed by atoms with van der Waals surface area (Å²) in [5.74, 6) is -0.650. The first-order chi connectivity index (χ1) is 13.0. The van der Waals surface area contributed by atoms with Gasteiger partial charge in [-0.05, 0) is 30.3 Å². The van der Waals surface area contributed by atoms with E-state index in [1.54, 1.807) is 23.2 Å². The predicted molar refractivity (Wildman–Crippen MR) is 98.8 cm³/mol. The summed E-state index contributed by atoms with van der Waals surface area (Å²) < 4.78 is 14.3. The van der Waals surface area contributed by atoms with Crippen molar-refractivity contribution in [1.29, 1.82) is 0 Å². The minimum Gasteiger partial charge on any atom is -0.339 e. The van der Waals surface area contributed by atoms with Crippen molar-refractivity contribution in [2.45, 2.75) is 6.54 Å². The van der Waals surface area contributed by atoms with E-state index < -0.39 is 0 Å². The molecule has 2 aromatic rings. The number of hydrogen-bond acceptors (Lipinski definition) is 4. The van der Waals surface area contributed by atoms with Crippen molar-refractivity contribution in [3.8, 4) is 0 Å². The number of benzene rings is 1. The van der Waals surface area contributed by atoms with E-state index in [4.69, 9.17) is 0 Å². The van der Waals surface area contributed by atoms with Crippen LogP contribution in [0, 0.1) is 5.82 Å². The molecule has 2 heterocycles. The van der Waals surface area contributed by atoms with Crippen LogP contribution in [0.1, 0.15) is 0 Å². The van der Waals surface area contributed by atoms with Gasteiger partial charge in [-0.1, -0.05) is 6.07 Å². The third-order valence-corrected chi connectivity index (χ3v) is 4.42. The Morgan fingerprint density at radius 3 is 2.33 bits per heavy atom. The Balaban J connectivity index is 1.45. The molecule has 0 spiro atoms. The first-order valence-corrected chi connectivity index (χ1v) is 8.72. The molecule has 2 amide bonds. The Morgan fingerprint density at radius 2 is 1.67 bits per heavy atom. The number of nitrogens with zero attached hydrogens (tertiary/aromatic N) is 3. The first-order valence-electron chi connectivity index (χ1n) is 8.72. The fraction of sp³-hybridized carbons (Fsp3) is 0.316. The lowest BCUT2D eigenvalue weighted by Gasteiger charge is -2.34. The molecule has 0 bridgehead atoms.